The van der Waals surface area contributed by atoms with E-state index >= 15 is 0 Å². The third kappa shape index (κ3) is 8.31. The van der Waals surface area contributed by atoms with Crippen molar-refractivity contribution in [2.75, 3.05) is 17.7 Å². The van der Waals surface area contributed by atoms with Crippen LogP contribution in [0.5, 0.6) is 11.5 Å². The number of aromatic hydroxyl groups is 1. The number of hydrogen-bond donors (Lipinski definition) is 7. The molecule has 0 fully saturated rings. The molecule has 1 heterocycles. The van der Waals surface area contributed by atoms with Crippen LogP contribution in [-0.4, -0.2) is 74.5 Å². The zero-order valence-electron chi connectivity index (χ0n) is 25.0. The Kier molecular flexibility index (Phi) is 9.89. The number of azo groups is 1. The fraction of sp³-hybridized carbons (Fsp3) is 0.0385. The van der Waals surface area contributed by atoms with Gasteiger partial charge in [-0.1, -0.05) is 0 Å². The van der Waals surface area contributed by atoms with Crippen LogP contribution in [0.25, 0.3) is 10.8 Å². The van der Waals surface area contributed by atoms with Crippen LogP contribution in [0.1, 0.15) is 0 Å². The Bertz CT molecular complexity index is 2680. The summed E-state index contributed by atoms with van der Waals surface area (Å²) in [6, 6.07) is 10.4. The molecule has 0 aliphatic carbocycles. The number of phenolic OH excluding ortho intramolecular Hbond substituents is 1. The fourth-order valence-electron chi connectivity index (χ4n) is 4.39. The highest BCUT2D eigenvalue weighted by Crippen LogP contribution is 2.43. The molecule has 0 aliphatic heterocycles. The first-order valence-electron chi connectivity index (χ1n) is 13.3. The van der Waals surface area contributed by atoms with E-state index in [0.717, 1.165) is 30.3 Å². The van der Waals surface area contributed by atoms with Gasteiger partial charge in [-0.25, -0.2) is 8.42 Å². The number of methoxy groups -OCH3 is 1. The van der Waals surface area contributed by atoms with Gasteiger partial charge in [0.2, 0.25) is 11.9 Å². The molecule has 0 atom stereocenters. The van der Waals surface area contributed by atoms with Crippen LogP contribution < -0.4 is 15.4 Å². The van der Waals surface area contributed by atoms with Gasteiger partial charge in [0.05, 0.1) is 17.7 Å². The van der Waals surface area contributed by atoms with Crippen molar-refractivity contribution in [1.82, 2.24) is 15.0 Å². The summed E-state index contributed by atoms with van der Waals surface area (Å²) in [6.45, 7) is 0. The van der Waals surface area contributed by atoms with E-state index in [1.165, 1.54) is 31.4 Å². The lowest BCUT2D eigenvalue weighted by Crippen LogP contribution is -2.09. The molecule has 0 spiro atoms. The van der Waals surface area contributed by atoms with Crippen molar-refractivity contribution in [3.63, 3.8) is 0 Å². The number of thiol groups is 1. The summed E-state index contributed by atoms with van der Waals surface area (Å²) in [6.07, 6.45) is -1.39. The predicted molar refractivity (Wildman–Crippen MR) is 174 cm³/mol. The van der Waals surface area contributed by atoms with Crippen molar-refractivity contribution in [3.8, 4) is 11.5 Å². The summed E-state index contributed by atoms with van der Waals surface area (Å²) < 4.78 is 143. The molecule has 20 nitrogen and oxygen atoms in total. The molecule has 0 saturated carbocycles. The van der Waals surface area contributed by atoms with Crippen LogP contribution in [-0.2, 0) is 41.1 Å². The molecule has 6 N–H and O–H groups in total. The second-order valence-corrected chi connectivity index (χ2v) is 15.1. The molecule has 0 aliphatic rings. The number of nitrogens with zero attached hydrogens (tertiary/aromatic N) is 5. The van der Waals surface area contributed by atoms with Crippen LogP contribution in [0.2, 0.25) is 0 Å². The maximum Gasteiger partial charge on any atom is 0.315 e. The van der Waals surface area contributed by atoms with Gasteiger partial charge >= 0.3 is 6.08 Å². The first-order chi connectivity index (χ1) is 23.7. The maximum atomic E-state index is 14.4. The van der Waals surface area contributed by atoms with Crippen molar-refractivity contribution in [3.05, 3.63) is 66.7 Å². The van der Waals surface area contributed by atoms with E-state index in [2.05, 4.69) is 35.8 Å². The number of anilines is 4. The number of hydrogen-bond acceptors (Lipinski definition) is 17. The van der Waals surface area contributed by atoms with Crippen molar-refractivity contribution in [1.29, 1.82) is 0 Å². The molecular formula is C26H20FN7O13S4. The van der Waals surface area contributed by atoms with E-state index in [1.54, 1.807) is 0 Å². The highest BCUT2D eigenvalue weighted by molar-refractivity contribution is 7.86. The molecule has 0 bridgehead atoms. The summed E-state index contributed by atoms with van der Waals surface area (Å²) in [5.74, 6) is -1.93. The number of rotatable bonds is 11. The minimum atomic E-state index is -5.14. The lowest BCUT2D eigenvalue weighted by Gasteiger charge is -2.12. The Morgan fingerprint density at radius 3 is 2.00 bits per heavy atom. The summed E-state index contributed by atoms with van der Waals surface area (Å²) in [4.78, 5) is 7.67. The van der Waals surface area contributed by atoms with Gasteiger partial charge in [-0.3, -0.25) is 13.7 Å². The van der Waals surface area contributed by atoms with Gasteiger partial charge in [-0.05, 0) is 60.0 Å². The average molecular weight is 786 g/mol. The smallest absolute Gasteiger partial charge is 0.315 e. The number of aromatic nitrogens is 3. The molecule has 1 aromatic heterocycles. The van der Waals surface area contributed by atoms with Crippen LogP contribution in [0.4, 0.5) is 39.0 Å². The number of ether oxygens (including phenoxy) is 1. The van der Waals surface area contributed by atoms with Gasteiger partial charge in [-0.15, -0.1) is 10.2 Å². The molecule has 51 heavy (non-hydrogen) atoms. The summed E-state index contributed by atoms with van der Waals surface area (Å²) in [7, 11) is -17.0. The highest BCUT2D eigenvalue weighted by atomic mass is 32.2. The molecule has 4 aromatic carbocycles. The standard InChI is InChI=1S/C26H20FN7O13S4/c1-47-14-3-6-18(19(10-14)49(38,39)40)33-34-22-21(51(44,45)46)9-12-8-13(2-5-16(12)23(22)35)28-25-30-24(27)31-26(32-25)29-17-7-4-15(48(36)37)11-20(17)50(41,42)43/h2-11,35,48H,1H3,(H,38,39,40)(H,41,42,43)(H,44,45,46)(H2,28,29,30,31,32)/b34-33+. The molecule has 25 heteroatoms. The SMILES string of the molecule is COc1ccc(/N=N/c2c(S(=O)(=O)O)cc3cc(Nc4nc(F)nc(Nc5ccc([SH](=O)=O)cc5S(=O)(=O)O)n4)ccc3c2O)c(S(=O)(=O)O)c1. The predicted octanol–water partition coefficient (Wildman–Crippen LogP) is 3.49. The van der Waals surface area contributed by atoms with Gasteiger partial charge in [0.25, 0.3) is 30.4 Å². The Hall–Kier alpha value is -5.44. The Balaban J connectivity index is 1.52. The largest absolute Gasteiger partial charge is 0.505 e. The average Bonchev–Trinajstić information content (AvgIpc) is 3.02. The van der Waals surface area contributed by atoms with Gasteiger partial charge in [0.1, 0.15) is 31.8 Å². The lowest BCUT2D eigenvalue weighted by molar-refractivity contribution is 0.412. The number of fused-ring (bicyclic) bond motifs is 1. The third-order valence-electron chi connectivity index (χ3n) is 6.60. The first-order valence-corrected chi connectivity index (χ1v) is 18.8. The van der Waals surface area contributed by atoms with E-state index in [9.17, 15) is 56.8 Å². The normalized spacial score (nSPS) is 12.4. The topological polar surface area (TPSA) is 314 Å². The second kappa shape index (κ2) is 13.7. The molecular weight excluding hydrogens is 766 g/mol. The minimum absolute atomic E-state index is 0.0170. The van der Waals surface area contributed by atoms with E-state index in [0.29, 0.717) is 6.07 Å². The zero-order valence-corrected chi connectivity index (χ0v) is 28.4. The summed E-state index contributed by atoms with van der Waals surface area (Å²) in [5, 5.41) is 23.1. The second-order valence-electron chi connectivity index (χ2n) is 9.91. The van der Waals surface area contributed by atoms with Gasteiger partial charge in [0, 0.05) is 17.1 Å². The Morgan fingerprint density at radius 1 is 0.745 bits per heavy atom. The molecule has 5 rings (SSSR count). The molecule has 268 valence electrons. The number of benzene rings is 4. The first kappa shape index (κ1) is 36.8. The Morgan fingerprint density at radius 2 is 1.39 bits per heavy atom. The van der Waals surface area contributed by atoms with Crippen LogP contribution in [0.15, 0.2) is 90.5 Å². The van der Waals surface area contributed by atoms with Crippen molar-refractivity contribution < 1.29 is 61.6 Å². The van der Waals surface area contributed by atoms with Gasteiger partial charge in [0.15, 0.2) is 16.5 Å². The fourth-order valence-corrected chi connectivity index (χ4v) is 6.88. The summed E-state index contributed by atoms with van der Waals surface area (Å²) in [5.41, 5.74) is -1.68. The van der Waals surface area contributed by atoms with Gasteiger partial charge < -0.3 is 20.5 Å². The zero-order chi connectivity index (χ0) is 37.5. The van der Waals surface area contributed by atoms with Crippen molar-refractivity contribution >= 4 is 86.5 Å². The van der Waals surface area contributed by atoms with Crippen molar-refractivity contribution in [2.45, 2.75) is 19.6 Å². The van der Waals surface area contributed by atoms with Gasteiger partial charge in [-0.2, -0.15) is 44.6 Å². The molecule has 0 saturated heterocycles. The minimum Gasteiger partial charge on any atom is -0.505 e. The van der Waals surface area contributed by atoms with Crippen LogP contribution in [0.3, 0.4) is 0 Å². The number of nitrogens with one attached hydrogen (secondary N) is 2. The number of phenols is 1. The molecule has 0 radical (unpaired) electrons. The Labute approximate surface area is 287 Å². The lowest BCUT2D eigenvalue weighted by atomic mass is 10.1. The summed E-state index contributed by atoms with van der Waals surface area (Å²) >= 11 is 0. The molecule has 0 unspecified atom stereocenters. The monoisotopic (exact) mass is 785 g/mol. The maximum absolute atomic E-state index is 14.4. The number of halogens is 1. The quantitative estimate of drug-likeness (QED) is 0.0572. The van der Waals surface area contributed by atoms with Crippen molar-refractivity contribution in [2.24, 2.45) is 10.2 Å². The van der Waals surface area contributed by atoms with E-state index in [-0.39, 0.29) is 22.2 Å². The third-order valence-corrected chi connectivity index (χ3v) is 9.94. The molecule has 5 aromatic rings. The van der Waals surface area contributed by atoms with Crippen LogP contribution in [0, 0.1) is 6.08 Å². The van der Waals surface area contributed by atoms with E-state index in [1.807, 2.05) is 0 Å². The molecule has 0 amide bonds. The van der Waals surface area contributed by atoms with E-state index < -0.39 is 101 Å². The van der Waals surface area contributed by atoms with E-state index in [4.69, 9.17) is 4.74 Å². The van der Waals surface area contributed by atoms with Crippen LogP contribution >= 0.6 is 0 Å². The highest BCUT2D eigenvalue weighted by Gasteiger charge is 2.24.